The van der Waals surface area contributed by atoms with Crippen LogP contribution in [0.5, 0.6) is 5.75 Å². The van der Waals surface area contributed by atoms with Gasteiger partial charge in [0.2, 0.25) is 11.8 Å². The number of ether oxygens (including phenoxy) is 1. The fourth-order valence-corrected chi connectivity index (χ4v) is 2.35. The van der Waals surface area contributed by atoms with Gasteiger partial charge in [0.1, 0.15) is 17.6 Å². The van der Waals surface area contributed by atoms with Crippen molar-refractivity contribution in [1.82, 2.24) is 5.32 Å². The average molecular weight is 330 g/mol. The quantitative estimate of drug-likeness (QED) is 0.809. The van der Waals surface area contributed by atoms with Crippen molar-refractivity contribution in [3.05, 3.63) is 65.5 Å². The first-order valence-corrected chi connectivity index (χ1v) is 7.44. The van der Waals surface area contributed by atoms with Crippen molar-refractivity contribution < 1.29 is 18.7 Å². The van der Waals surface area contributed by atoms with Crippen LogP contribution in [0.25, 0.3) is 0 Å². The van der Waals surface area contributed by atoms with E-state index in [1.54, 1.807) is 12.1 Å². The number of carbonyl (C=O) groups excluding carboxylic acids is 2. The molecule has 0 spiro atoms. The molecule has 0 aliphatic heterocycles. The third kappa shape index (κ3) is 4.81. The zero-order valence-corrected chi connectivity index (χ0v) is 13.3. The Labute approximate surface area is 139 Å². The Morgan fingerprint density at radius 3 is 2.46 bits per heavy atom. The maximum absolute atomic E-state index is 12.9. The molecule has 0 saturated carbocycles. The second-order valence-corrected chi connectivity index (χ2v) is 5.34. The van der Waals surface area contributed by atoms with E-state index < -0.39 is 11.9 Å². The highest BCUT2D eigenvalue weighted by atomic mass is 19.1. The minimum Gasteiger partial charge on any atom is -0.496 e. The van der Waals surface area contributed by atoms with E-state index in [2.05, 4.69) is 5.32 Å². The summed E-state index contributed by atoms with van der Waals surface area (Å²) in [7, 11) is 1.53. The van der Waals surface area contributed by atoms with Crippen molar-refractivity contribution in [2.24, 2.45) is 5.73 Å². The highest BCUT2D eigenvalue weighted by Crippen LogP contribution is 2.19. The summed E-state index contributed by atoms with van der Waals surface area (Å²) in [6.07, 6.45) is 0.268. The third-order valence-electron chi connectivity index (χ3n) is 3.57. The fraction of sp³-hybridized carbons (Fsp3) is 0.222. The van der Waals surface area contributed by atoms with Gasteiger partial charge in [-0.2, -0.15) is 0 Å². The first kappa shape index (κ1) is 17.5. The van der Waals surface area contributed by atoms with Gasteiger partial charge in [0.05, 0.1) is 13.5 Å². The molecule has 0 aliphatic carbocycles. The fourth-order valence-electron chi connectivity index (χ4n) is 2.35. The molecule has 0 aromatic heterocycles. The number of primary amides is 1. The second kappa shape index (κ2) is 8.10. The standard InChI is InChI=1S/C18H19FN2O3/c1-24-16-5-3-2-4-13(16)11-15(18(20)23)21-17(22)10-12-6-8-14(19)9-7-12/h2-9,15H,10-11H2,1H3,(H2,20,23)(H,21,22)/t15-/m1/s1. The lowest BCUT2D eigenvalue weighted by atomic mass is 10.0. The molecule has 0 radical (unpaired) electrons. The lowest BCUT2D eigenvalue weighted by molar-refractivity contribution is -0.127. The van der Waals surface area contributed by atoms with E-state index in [4.69, 9.17) is 10.5 Å². The Bertz CT molecular complexity index is 716. The predicted octanol–water partition coefficient (Wildman–Crippen LogP) is 1.59. The van der Waals surface area contributed by atoms with Crippen LogP contribution in [-0.2, 0) is 22.4 Å². The molecular formula is C18H19FN2O3. The molecule has 1 atom stereocenters. The Morgan fingerprint density at radius 1 is 1.17 bits per heavy atom. The van der Waals surface area contributed by atoms with E-state index in [9.17, 15) is 14.0 Å². The van der Waals surface area contributed by atoms with Crippen LogP contribution < -0.4 is 15.8 Å². The molecule has 3 N–H and O–H groups in total. The van der Waals surface area contributed by atoms with Gasteiger partial charge in [0.15, 0.2) is 0 Å². The van der Waals surface area contributed by atoms with Gasteiger partial charge in [-0.25, -0.2) is 4.39 Å². The molecule has 0 unspecified atom stereocenters. The van der Waals surface area contributed by atoms with Crippen LogP contribution in [0.2, 0.25) is 0 Å². The molecule has 6 heteroatoms. The smallest absolute Gasteiger partial charge is 0.240 e. The normalized spacial score (nSPS) is 11.6. The molecule has 0 saturated heterocycles. The number of hydrogen-bond donors (Lipinski definition) is 2. The summed E-state index contributed by atoms with van der Waals surface area (Å²) in [5, 5.41) is 2.62. The minimum atomic E-state index is -0.853. The second-order valence-electron chi connectivity index (χ2n) is 5.34. The van der Waals surface area contributed by atoms with Crippen LogP contribution in [0.3, 0.4) is 0 Å². The van der Waals surface area contributed by atoms with E-state index in [0.717, 1.165) is 5.56 Å². The summed E-state index contributed by atoms with van der Waals surface area (Å²) in [4.78, 5) is 23.8. The highest BCUT2D eigenvalue weighted by Gasteiger charge is 2.20. The van der Waals surface area contributed by atoms with Crippen molar-refractivity contribution in [2.75, 3.05) is 7.11 Å². The highest BCUT2D eigenvalue weighted by molar-refractivity contribution is 5.87. The molecule has 5 nitrogen and oxygen atoms in total. The monoisotopic (exact) mass is 330 g/mol. The lowest BCUT2D eigenvalue weighted by Crippen LogP contribution is -2.46. The van der Waals surface area contributed by atoms with Crippen LogP contribution in [0.1, 0.15) is 11.1 Å². The van der Waals surface area contributed by atoms with Crippen molar-refractivity contribution in [3.8, 4) is 5.75 Å². The van der Waals surface area contributed by atoms with Gasteiger partial charge in [-0.15, -0.1) is 0 Å². The molecule has 24 heavy (non-hydrogen) atoms. The van der Waals surface area contributed by atoms with Crippen LogP contribution in [0, 0.1) is 5.82 Å². The zero-order chi connectivity index (χ0) is 17.5. The van der Waals surface area contributed by atoms with E-state index in [1.807, 2.05) is 12.1 Å². The molecule has 0 aliphatic rings. The summed E-state index contributed by atoms with van der Waals surface area (Å²) in [5.74, 6) is -0.740. The summed E-state index contributed by atoms with van der Waals surface area (Å²) < 4.78 is 18.1. The average Bonchev–Trinajstić information content (AvgIpc) is 2.56. The van der Waals surface area contributed by atoms with E-state index in [-0.39, 0.29) is 24.6 Å². The number of amides is 2. The van der Waals surface area contributed by atoms with Gasteiger partial charge in [-0.1, -0.05) is 30.3 Å². The van der Waals surface area contributed by atoms with E-state index in [0.29, 0.717) is 11.3 Å². The summed E-state index contributed by atoms with van der Waals surface area (Å²) in [5.41, 5.74) is 6.81. The van der Waals surface area contributed by atoms with Crippen LogP contribution >= 0.6 is 0 Å². The summed E-state index contributed by atoms with van der Waals surface area (Å²) in [6, 6.07) is 12.0. The number of methoxy groups -OCH3 is 1. The number of rotatable bonds is 7. The molecule has 2 aromatic carbocycles. The Morgan fingerprint density at radius 2 is 1.83 bits per heavy atom. The number of nitrogens with two attached hydrogens (primary N) is 1. The molecule has 2 aromatic rings. The van der Waals surface area contributed by atoms with Gasteiger partial charge >= 0.3 is 0 Å². The number of nitrogens with one attached hydrogen (secondary N) is 1. The number of halogens is 1. The molecule has 2 rings (SSSR count). The first-order chi connectivity index (χ1) is 11.5. The molecule has 126 valence electrons. The SMILES string of the molecule is COc1ccccc1C[C@@H](NC(=O)Cc1ccc(F)cc1)C(N)=O. The van der Waals surface area contributed by atoms with Gasteiger partial charge in [0.25, 0.3) is 0 Å². The number of carbonyl (C=O) groups is 2. The lowest BCUT2D eigenvalue weighted by Gasteiger charge is -2.17. The first-order valence-electron chi connectivity index (χ1n) is 7.44. The zero-order valence-electron chi connectivity index (χ0n) is 13.3. The van der Waals surface area contributed by atoms with Crippen molar-refractivity contribution in [2.45, 2.75) is 18.9 Å². The van der Waals surface area contributed by atoms with E-state index in [1.165, 1.54) is 31.4 Å². The Balaban J connectivity index is 2.04. The van der Waals surface area contributed by atoms with E-state index >= 15 is 0 Å². The molecular weight excluding hydrogens is 311 g/mol. The predicted molar refractivity (Wildman–Crippen MR) is 87.9 cm³/mol. The van der Waals surface area contributed by atoms with Crippen molar-refractivity contribution in [3.63, 3.8) is 0 Å². The maximum Gasteiger partial charge on any atom is 0.240 e. The van der Waals surface area contributed by atoms with Gasteiger partial charge < -0.3 is 15.8 Å². The topological polar surface area (TPSA) is 81.4 Å². The molecule has 0 bridgehead atoms. The minimum absolute atomic E-state index is 0.0377. The number of para-hydroxylation sites is 1. The molecule has 0 heterocycles. The Kier molecular flexibility index (Phi) is 5.89. The maximum atomic E-state index is 12.9. The summed E-state index contributed by atoms with van der Waals surface area (Å²) >= 11 is 0. The van der Waals surface area contributed by atoms with Crippen molar-refractivity contribution >= 4 is 11.8 Å². The number of hydrogen-bond acceptors (Lipinski definition) is 3. The third-order valence-corrected chi connectivity index (χ3v) is 3.57. The Hall–Kier alpha value is -2.89. The molecule has 2 amide bonds. The number of benzene rings is 2. The van der Waals surface area contributed by atoms with Gasteiger partial charge in [-0.05, 0) is 29.3 Å². The van der Waals surface area contributed by atoms with Crippen LogP contribution in [-0.4, -0.2) is 25.0 Å². The van der Waals surface area contributed by atoms with Gasteiger partial charge in [0, 0.05) is 6.42 Å². The van der Waals surface area contributed by atoms with Crippen molar-refractivity contribution in [1.29, 1.82) is 0 Å². The van der Waals surface area contributed by atoms with Gasteiger partial charge in [-0.3, -0.25) is 9.59 Å². The largest absolute Gasteiger partial charge is 0.496 e. The summed E-state index contributed by atoms with van der Waals surface area (Å²) in [6.45, 7) is 0. The van der Waals surface area contributed by atoms with Crippen LogP contribution in [0.4, 0.5) is 4.39 Å². The molecule has 0 fully saturated rings. The van der Waals surface area contributed by atoms with Crippen LogP contribution in [0.15, 0.2) is 48.5 Å².